The number of nitrogens with one attached hydrogen (secondary N) is 1. The molecule has 1 N–H and O–H groups in total. The Bertz CT molecular complexity index is 1160. The van der Waals surface area contributed by atoms with E-state index in [1.165, 1.54) is 21.9 Å². The second-order valence-corrected chi connectivity index (χ2v) is 7.20. The van der Waals surface area contributed by atoms with Crippen LogP contribution in [0.3, 0.4) is 0 Å². The maximum absolute atomic E-state index is 13.1. The van der Waals surface area contributed by atoms with Gasteiger partial charge in [0, 0.05) is 24.3 Å². The zero-order chi connectivity index (χ0) is 17.7. The highest BCUT2D eigenvalue weighted by Crippen LogP contribution is 2.32. The van der Waals surface area contributed by atoms with Crippen molar-refractivity contribution < 1.29 is 4.79 Å². The maximum Gasteiger partial charge on any atom is 0.271 e. The number of hydrogen-bond donors (Lipinski definition) is 1. The number of amides is 1. The Morgan fingerprint density at radius 1 is 1.31 bits per heavy atom. The summed E-state index contributed by atoms with van der Waals surface area (Å²) in [5.41, 5.74) is 1.60. The van der Waals surface area contributed by atoms with Crippen LogP contribution in [0.25, 0.3) is 16.0 Å². The first-order valence-corrected chi connectivity index (χ1v) is 9.31. The van der Waals surface area contributed by atoms with Gasteiger partial charge in [-0.25, -0.2) is 9.97 Å². The minimum absolute atomic E-state index is 0.101. The van der Waals surface area contributed by atoms with Crippen LogP contribution in [0.1, 0.15) is 35.1 Å². The fourth-order valence-corrected chi connectivity index (χ4v) is 4.23. The molecule has 1 fully saturated rings. The van der Waals surface area contributed by atoms with E-state index in [0.717, 1.165) is 29.7 Å². The van der Waals surface area contributed by atoms with Gasteiger partial charge in [0.05, 0.1) is 17.1 Å². The predicted molar refractivity (Wildman–Crippen MR) is 98.4 cm³/mol. The van der Waals surface area contributed by atoms with Gasteiger partial charge in [-0.15, -0.1) is 11.3 Å². The summed E-state index contributed by atoms with van der Waals surface area (Å²) in [4.78, 5) is 40.2. The molecule has 8 heteroatoms. The van der Waals surface area contributed by atoms with Crippen LogP contribution in [-0.2, 0) is 0 Å². The van der Waals surface area contributed by atoms with Crippen molar-refractivity contribution in [1.82, 2.24) is 24.3 Å². The Morgan fingerprint density at radius 3 is 3.08 bits per heavy atom. The van der Waals surface area contributed by atoms with Crippen molar-refractivity contribution in [3.63, 3.8) is 0 Å². The normalized spacial score (nSPS) is 17.4. The van der Waals surface area contributed by atoms with Crippen molar-refractivity contribution in [2.45, 2.75) is 18.9 Å². The summed E-state index contributed by atoms with van der Waals surface area (Å²) in [7, 11) is 0. The van der Waals surface area contributed by atoms with Crippen LogP contribution >= 0.6 is 11.3 Å². The zero-order valence-corrected chi connectivity index (χ0v) is 14.6. The van der Waals surface area contributed by atoms with E-state index in [-0.39, 0.29) is 23.1 Å². The van der Waals surface area contributed by atoms with E-state index < -0.39 is 0 Å². The van der Waals surface area contributed by atoms with E-state index >= 15 is 0 Å². The number of imidazole rings is 1. The number of benzene rings is 1. The molecule has 0 aliphatic carbocycles. The van der Waals surface area contributed by atoms with Crippen molar-refractivity contribution in [2.24, 2.45) is 0 Å². The van der Waals surface area contributed by atoms with Gasteiger partial charge in [0.15, 0.2) is 4.96 Å². The Hall–Kier alpha value is -3.00. The number of thiazole rings is 1. The van der Waals surface area contributed by atoms with E-state index in [1.807, 2.05) is 24.3 Å². The number of aromatic amines is 1. The largest absolute Gasteiger partial charge is 0.340 e. The highest BCUT2D eigenvalue weighted by molar-refractivity contribution is 7.15. The van der Waals surface area contributed by atoms with Crippen LogP contribution in [0.15, 0.2) is 46.8 Å². The third kappa shape index (κ3) is 2.26. The average Bonchev–Trinajstić information content (AvgIpc) is 3.38. The number of likely N-dealkylation sites (tertiary alicyclic amines) is 1. The molecule has 0 bridgehead atoms. The zero-order valence-electron chi connectivity index (χ0n) is 13.8. The van der Waals surface area contributed by atoms with E-state index in [9.17, 15) is 9.59 Å². The number of para-hydroxylation sites is 2. The monoisotopic (exact) mass is 365 g/mol. The Kier molecular flexibility index (Phi) is 3.39. The molecule has 1 aliphatic heterocycles. The van der Waals surface area contributed by atoms with Crippen LogP contribution in [0.2, 0.25) is 0 Å². The highest BCUT2D eigenvalue weighted by Gasteiger charge is 2.34. The molecule has 0 unspecified atom stereocenters. The molecule has 3 aromatic heterocycles. The molecule has 1 atom stereocenters. The quantitative estimate of drug-likeness (QED) is 0.592. The fourth-order valence-electron chi connectivity index (χ4n) is 3.55. The topological polar surface area (TPSA) is 83.4 Å². The molecule has 1 amide bonds. The number of rotatable bonds is 2. The van der Waals surface area contributed by atoms with Gasteiger partial charge < -0.3 is 9.88 Å². The molecular formula is C18H15N5O2S. The number of hydrogen-bond acceptors (Lipinski definition) is 5. The molecular weight excluding hydrogens is 350 g/mol. The summed E-state index contributed by atoms with van der Waals surface area (Å²) in [6, 6.07) is 7.64. The Labute approximate surface area is 151 Å². The summed E-state index contributed by atoms with van der Waals surface area (Å²) in [5, 5.41) is 1.78. The lowest BCUT2D eigenvalue weighted by molar-refractivity contribution is 0.0728. The minimum atomic E-state index is -0.323. The van der Waals surface area contributed by atoms with Crippen LogP contribution in [0.4, 0.5) is 0 Å². The molecule has 130 valence electrons. The molecule has 1 saturated heterocycles. The average molecular weight is 365 g/mol. The Morgan fingerprint density at radius 2 is 2.19 bits per heavy atom. The first-order chi connectivity index (χ1) is 12.7. The summed E-state index contributed by atoms with van der Waals surface area (Å²) >= 11 is 1.37. The van der Waals surface area contributed by atoms with Crippen LogP contribution in [0.5, 0.6) is 0 Å². The van der Waals surface area contributed by atoms with E-state index in [1.54, 1.807) is 16.5 Å². The molecule has 0 saturated carbocycles. The lowest BCUT2D eigenvalue weighted by Gasteiger charge is -2.22. The van der Waals surface area contributed by atoms with Crippen LogP contribution in [0, 0.1) is 0 Å². The van der Waals surface area contributed by atoms with Crippen molar-refractivity contribution >= 4 is 33.2 Å². The molecule has 0 radical (unpaired) electrons. The number of fused-ring (bicyclic) bond motifs is 2. The molecule has 26 heavy (non-hydrogen) atoms. The Balaban J connectivity index is 1.54. The van der Waals surface area contributed by atoms with Gasteiger partial charge in [-0.05, 0) is 25.0 Å². The van der Waals surface area contributed by atoms with Gasteiger partial charge in [-0.3, -0.25) is 14.0 Å². The molecule has 1 aromatic carbocycles. The lowest BCUT2D eigenvalue weighted by atomic mass is 10.2. The van der Waals surface area contributed by atoms with E-state index in [0.29, 0.717) is 11.5 Å². The highest BCUT2D eigenvalue weighted by atomic mass is 32.1. The lowest BCUT2D eigenvalue weighted by Crippen LogP contribution is -2.35. The molecule has 1 aliphatic rings. The van der Waals surface area contributed by atoms with E-state index in [4.69, 9.17) is 0 Å². The number of H-pyrrole nitrogens is 1. The molecule has 5 rings (SSSR count). The second-order valence-electron chi connectivity index (χ2n) is 6.33. The van der Waals surface area contributed by atoms with Gasteiger partial charge in [-0.2, -0.15) is 0 Å². The standard InChI is InChI=1S/C18H15N5O2S/c24-16(11-10-19-18-23(17(11)25)8-9-26-18)22-7-3-6-14(22)15-20-12-4-1-2-5-13(12)21-15/h1-2,4-5,8-10,14H,3,6-7H2,(H,20,21)/t14-/m0/s1. The van der Waals surface area contributed by atoms with Gasteiger partial charge in [0.1, 0.15) is 11.4 Å². The number of aromatic nitrogens is 4. The summed E-state index contributed by atoms with van der Waals surface area (Å²) in [6.45, 7) is 0.603. The van der Waals surface area contributed by atoms with Gasteiger partial charge >= 0.3 is 0 Å². The van der Waals surface area contributed by atoms with Gasteiger partial charge in [0.2, 0.25) is 0 Å². The minimum Gasteiger partial charge on any atom is -0.340 e. The summed E-state index contributed by atoms with van der Waals surface area (Å²) in [5.74, 6) is 0.479. The van der Waals surface area contributed by atoms with Crippen molar-refractivity contribution in [3.8, 4) is 0 Å². The molecule has 4 aromatic rings. The van der Waals surface area contributed by atoms with E-state index in [2.05, 4.69) is 15.0 Å². The van der Waals surface area contributed by atoms with Crippen molar-refractivity contribution in [1.29, 1.82) is 0 Å². The predicted octanol–water partition coefficient (Wildman–Crippen LogP) is 2.61. The number of carbonyl (C=O) groups excluding carboxylic acids is 1. The molecule has 0 spiro atoms. The SMILES string of the molecule is O=C(c1cnc2sccn2c1=O)N1CCC[C@H]1c1nc2ccccc2[nH]1. The van der Waals surface area contributed by atoms with Crippen molar-refractivity contribution in [2.75, 3.05) is 6.54 Å². The third-order valence-corrected chi connectivity index (χ3v) is 5.58. The second kappa shape index (κ2) is 5.77. The van der Waals surface area contributed by atoms with Crippen LogP contribution in [-0.4, -0.2) is 36.7 Å². The fraction of sp³-hybridized carbons (Fsp3) is 0.222. The van der Waals surface area contributed by atoms with Gasteiger partial charge in [-0.1, -0.05) is 12.1 Å². The first-order valence-electron chi connectivity index (χ1n) is 8.43. The van der Waals surface area contributed by atoms with Crippen molar-refractivity contribution in [3.05, 3.63) is 63.8 Å². The summed E-state index contributed by atoms with van der Waals surface area (Å²) < 4.78 is 1.42. The molecule has 4 heterocycles. The van der Waals surface area contributed by atoms with Crippen LogP contribution < -0.4 is 5.56 Å². The maximum atomic E-state index is 13.1. The molecule has 7 nitrogen and oxygen atoms in total. The third-order valence-electron chi connectivity index (χ3n) is 4.81. The van der Waals surface area contributed by atoms with Gasteiger partial charge in [0.25, 0.3) is 11.5 Å². The number of carbonyl (C=O) groups is 1. The smallest absolute Gasteiger partial charge is 0.271 e. The first kappa shape index (κ1) is 15.3. The summed E-state index contributed by atoms with van der Waals surface area (Å²) in [6.07, 6.45) is 4.74. The number of nitrogens with zero attached hydrogens (tertiary/aromatic N) is 4.